The molecular formula is C22H27N3O2S2. The van der Waals surface area contributed by atoms with E-state index in [9.17, 15) is 9.59 Å². The maximum atomic E-state index is 13.0. The molecule has 0 bridgehead atoms. The first kappa shape index (κ1) is 21.6. The van der Waals surface area contributed by atoms with E-state index in [1.807, 2.05) is 48.8 Å². The monoisotopic (exact) mass is 429 g/mol. The van der Waals surface area contributed by atoms with Gasteiger partial charge in [0.25, 0.3) is 5.56 Å². The zero-order chi connectivity index (χ0) is 20.6. The molecule has 0 atom stereocenters. The van der Waals surface area contributed by atoms with Gasteiger partial charge in [-0.05, 0) is 30.0 Å². The molecule has 1 aromatic carbocycles. The number of unbranched alkanes of at least 4 members (excludes halogenated alkanes) is 3. The first-order valence-electron chi connectivity index (χ1n) is 9.99. The number of para-hydroxylation sites is 1. The number of thiophene rings is 1. The number of benzene rings is 1. The van der Waals surface area contributed by atoms with Gasteiger partial charge < -0.3 is 4.90 Å². The summed E-state index contributed by atoms with van der Waals surface area (Å²) in [5.74, 6) is 0.296. The Hall–Kier alpha value is -2.12. The number of hydrogen-bond acceptors (Lipinski definition) is 5. The number of carbonyl (C=O) groups is 1. The topological polar surface area (TPSA) is 55.2 Å². The summed E-state index contributed by atoms with van der Waals surface area (Å²) in [6.45, 7) is 3.41. The van der Waals surface area contributed by atoms with Crippen molar-refractivity contribution in [2.24, 2.45) is 0 Å². The Morgan fingerprint density at radius 3 is 2.76 bits per heavy atom. The van der Waals surface area contributed by atoms with Gasteiger partial charge in [-0.3, -0.25) is 14.2 Å². The van der Waals surface area contributed by atoms with Crippen molar-refractivity contribution in [3.8, 4) is 0 Å². The van der Waals surface area contributed by atoms with E-state index in [1.54, 1.807) is 20.8 Å². The lowest BCUT2D eigenvalue weighted by atomic mass is 10.2. The average Bonchev–Trinajstić information content (AvgIpc) is 3.24. The number of nitrogens with zero attached hydrogens (tertiary/aromatic N) is 3. The molecule has 2 aromatic heterocycles. The molecule has 3 aromatic rings. The van der Waals surface area contributed by atoms with Crippen molar-refractivity contribution in [1.82, 2.24) is 14.5 Å². The summed E-state index contributed by atoms with van der Waals surface area (Å²) in [6.07, 6.45) is 4.33. The number of thioether (sulfide) groups is 1. The van der Waals surface area contributed by atoms with E-state index in [-0.39, 0.29) is 17.2 Å². The maximum Gasteiger partial charge on any atom is 0.262 e. The maximum absolute atomic E-state index is 13.0. The van der Waals surface area contributed by atoms with Crippen LogP contribution in [0.1, 0.15) is 37.5 Å². The molecule has 0 unspecified atom stereocenters. The Morgan fingerprint density at radius 1 is 1.17 bits per heavy atom. The van der Waals surface area contributed by atoms with E-state index in [0.29, 0.717) is 29.1 Å². The quantitative estimate of drug-likeness (QED) is 0.264. The number of rotatable bonds is 10. The van der Waals surface area contributed by atoms with Gasteiger partial charge in [0.05, 0.1) is 23.2 Å². The summed E-state index contributed by atoms with van der Waals surface area (Å²) >= 11 is 3.00. The fraction of sp³-hybridized carbons (Fsp3) is 0.409. The number of carbonyl (C=O) groups excluding carboxylic acids is 1. The third kappa shape index (κ3) is 5.70. The molecule has 0 N–H and O–H groups in total. The van der Waals surface area contributed by atoms with Crippen LogP contribution in [0.4, 0.5) is 0 Å². The molecule has 0 saturated heterocycles. The van der Waals surface area contributed by atoms with Crippen LogP contribution in [-0.2, 0) is 17.9 Å². The largest absolute Gasteiger partial charge is 0.340 e. The van der Waals surface area contributed by atoms with E-state index in [2.05, 4.69) is 6.92 Å². The number of amides is 1. The van der Waals surface area contributed by atoms with Crippen LogP contribution in [-0.4, -0.2) is 33.2 Å². The molecule has 154 valence electrons. The minimum absolute atomic E-state index is 0.0195. The lowest BCUT2D eigenvalue weighted by molar-refractivity contribution is -0.127. The predicted molar refractivity (Wildman–Crippen MR) is 122 cm³/mol. The van der Waals surface area contributed by atoms with E-state index in [1.165, 1.54) is 11.8 Å². The van der Waals surface area contributed by atoms with Crippen LogP contribution in [0.3, 0.4) is 0 Å². The normalized spacial score (nSPS) is 11.1. The highest BCUT2D eigenvalue weighted by Gasteiger charge is 2.15. The van der Waals surface area contributed by atoms with Crippen LogP contribution >= 0.6 is 23.1 Å². The van der Waals surface area contributed by atoms with Crippen LogP contribution in [0.15, 0.2) is 51.7 Å². The predicted octanol–water partition coefficient (Wildman–Crippen LogP) is 4.79. The molecule has 1 amide bonds. The second-order valence-corrected chi connectivity index (χ2v) is 9.02. The number of hydrogen-bond donors (Lipinski definition) is 0. The molecule has 2 heterocycles. The molecular weight excluding hydrogens is 402 g/mol. The lowest BCUT2D eigenvalue weighted by Gasteiger charge is -2.17. The smallest absolute Gasteiger partial charge is 0.262 e. The van der Waals surface area contributed by atoms with Gasteiger partial charge in [0.15, 0.2) is 5.16 Å². The van der Waals surface area contributed by atoms with Crippen LogP contribution in [0, 0.1) is 0 Å². The zero-order valence-corrected chi connectivity index (χ0v) is 18.6. The minimum Gasteiger partial charge on any atom is -0.340 e. The second-order valence-electron chi connectivity index (χ2n) is 7.05. The Balaban J connectivity index is 1.75. The van der Waals surface area contributed by atoms with Crippen molar-refractivity contribution in [2.75, 3.05) is 12.8 Å². The summed E-state index contributed by atoms with van der Waals surface area (Å²) < 4.78 is 1.75. The summed E-state index contributed by atoms with van der Waals surface area (Å²) in [5.41, 5.74) is 0.665. The molecule has 3 rings (SSSR count). The first-order chi connectivity index (χ1) is 14.1. The van der Waals surface area contributed by atoms with Gasteiger partial charge in [-0.1, -0.05) is 56.1 Å². The van der Waals surface area contributed by atoms with Crippen molar-refractivity contribution < 1.29 is 4.79 Å². The van der Waals surface area contributed by atoms with E-state index in [0.717, 1.165) is 30.6 Å². The average molecular weight is 430 g/mol. The zero-order valence-electron chi connectivity index (χ0n) is 17.0. The summed E-state index contributed by atoms with van der Waals surface area (Å²) in [7, 11) is 1.81. The second kappa shape index (κ2) is 10.6. The summed E-state index contributed by atoms with van der Waals surface area (Å²) in [5, 5.41) is 3.27. The Kier molecular flexibility index (Phi) is 7.89. The fourth-order valence-electron chi connectivity index (χ4n) is 3.11. The van der Waals surface area contributed by atoms with Gasteiger partial charge >= 0.3 is 0 Å². The van der Waals surface area contributed by atoms with Crippen LogP contribution in [0.2, 0.25) is 0 Å². The SMILES string of the molecule is CCCCCCn1c(SCC(=O)N(C)Cc2cccs2)nc2ccccc2c1=O. The molecule has 0 spiro atoms. The Bertz CT molecular complexity index is 999. The molecule has 0 saturated carbocycles. The van der Waals surface area contributed by atoms with Gasteiger partial charge in [0.1, 0.15) is 0 Å². The van der Waals surface area contributed by atoms with E-state index >= 15 is 0 Å². The van der Waals surface area contributed by atoms with Crippen LogP contribution < -0.4 is 5.56 Å². The molecule has 29 heavy (non-hydrogen) atoms. The number of fused-ring (bicyclic) bond motifs is 1. The highest BCUT2D eigenvalue weighted by atomic mass is 32.2. The minimum atomic E-state index is -0.0195. The van der Waals surface area contributed by atoms with Crippen LogP contribution in [0.25, 0.3) is 10.9 Å². The van der Waals surface area contributed by atoms with Crippen molar-refractivity contribution in [3.63, 3.8) is 0 Å². The van der Waals surface area contributed by atoms with Gasteiger partial charge in [-0.25, -0.2) is 4.98 Å². The molecule has 5 nitrogen and oxygen atoms in total. The molecule has 0 radical (unpaired) electrons. The Morgan fingerprint density at radius 2 is 2.00 bits per heavy atom. The third-order valence-corrected chi connectivity index (χ3v) is 6.61. The van der Waals surface area contributed by atoms with Gasteiger partial charge in [-0.15, -0.1) is 11.3 Å². The van der Waals surface area contributed by atoms with E-state index in [4.69, 9.17) is 4.98 Å². The lowest BCUT2D eigenvalue weighted by Crippen LogP contribution is -2.28. The molecule has 0 fully saturated rings. The standard InChI is InChI=1S/C22H27N3O2S2/c1-3-4-5-8-13-25-21(27)18-11-6-7-12-19(18)23-22(25)29-16-20(26)24(2)15-17-10-9-14-28-17/h6-7,9-12,14H,3-5,8,13,15-16H2,1-2H3. The van der Waals surface area contributed by atoms with Gasteiger partial charge in [-0.2, -0.15) is 0 Å². The van der Waals surface area contributed by atoms with Crippen LogP contribution in [0.5, 0.6) is 0 Å². The van der Waals surface area contributed by atoms with Crippen molar-refractivity contribution in [1.29, 1.82) is 0 Å². The Labute approximate surface area is 179 Å². The fourth-order valence-corrected chi connectivity index (χ4v) is 4.84. The first-order valence-corrected chi connectivity index (χ1v) is 11.9. The molecule has 7 heteroatoms. The van der Waals surface area contributed by atoms with Gasteiger partial charge in [0, 0.05) is 18.5 Å². The highest BCUT2D eigenvalue weighted by molar-refractivity contribution is 7.99. The molecule has 0 aliphatic carbocycles. The highest BCUT2D eigenvalue weighted by Crippen LogP contribution is 2.20. The molecule has 0 aliphatic heterocycles. The number of aromatic nitrogens is 2. The van der Waals surface area contributed by atoms with Crippen molar-refractivity contribution in [2.45, 2.75) is 50.9 Å². The van der Waals surface area contributed by atoms with E-state index < -0.39 is 0 Å². The molecule has 0 aliphatic rings. The summed E-state index contributed by atoms with van der Waals surface area (Å²) in [4.78, 5) is 33.2. The summed E-state index contributed by atoms with van der Waals surface area (Å²) in [6, 6.07) is 11.4. The van der Waals surface area contributed by atoms with Crippen molar-refractivity contribution >= 4 is 39.9 Å². The third-order valence-electron chi connectivity index (χ3n) is 4.79. The van der Waals surface area contributed by atoms with Gasteiger partial charge in [0.2, 0.25) is 5.91 Å². The van der Waals surface area contributed by atoms with Crippen molar-refractivity contribution in [3.05, 3.63) is 57.0 Å².